The highest BCUT2D eigenvalue weighted by Gasteiger charge is 2.40. The van der Waals surface area contributed by atoms with Gasteiger partial charge in [0.1, 0.15) is 17.1 Å². The predicted molar refractivity (Wildman–Crippen MR) is 135 cm³/mol. The Morgan fingerprint density at radius 2 is 1.74 bits per heavy atom. The lowest BCUT2D eigenvalue weighted by Crippen LogP contribution is -2.16. The number of esters is 1. The number of unbranched alkanes of at least 4 members (excludes halogenated alkanes) is 3. The van der Waals surface area contributed by atoms with Gasteiger partial charge in [-0.2, -0.15) is 13.2 Å². The summed E-state index contributed by atoms with van der Waals surface area (Å²) >= 11 is 0. The largest absolute Gasteiger partial charge is 0.457 e. The molecule has 2 aromatic heterocycles. The van der Waals surface area contributed by atoms with E-state index in [9.17, 15) is 22.8 Å². The summed E-state index contributed by atoms with van der Waals surface area (Å²) in [6.07, 6.45) is 0.316. The number of alkyl halides is 3. The van der Waals surface area contributed by atoms with Gasteiger partial charge < -0.3 is 18.3 Å². The molecule has 200 valence electrons. The van der Waals surface area contributed by atoms with Gasteiger partial charge in [0.15, 0.2) is 0 Å². The number of furan rings is 1. The minimum atomic E-state index is -5.02. The molecular formula is C29H27F3O6. The van der Waals surface area contributed by atoms with Crippen LogP contribution in [0.1, 0.15) is 65.6 Å². The number of hydrogen-bond donors (Lipinski definition) is 0. The molecule has 38 heavy (non-hydrogen) atoms. The lowest BCUT2D eigenvalue weighted by Gasteiger charge is -2.16. The summed E-state index contributed by atoms with van der Waals surface area (Å²) < 4.78 is 63.3. The summed E-state index contributed by atoms with van der Waals surface area (Å²) in [5.74, 6) is -3.34. The van der Waals surface area contributed by atoms with Gasteiger partial charge in [-0.15, -0.1) is 0 Å². The maximum absolute atomic E-state index is 14.0. The van der Waals surface area contributed by atoms with Crippen LogP contribution in [0.15, 0.2) is 62.4 Å². The zero-order chi connectivity index (χ0) is 27.4. The van der Waals surface area contributed by atoms with E-state index >= 15 is 0 Å². The van der Waals surface area contributed by atoms with Crippen molar-refractivity contribution in [2.24, 2.45) is 0 Å². The Bertz CT molecular complexity index is 1480. The van der Waals surface area contributed by atoms with E-state index in [0.29, 0.717) is 12.0 Å². The summed E-state index contributed by atoms with van der Waals surface area (Å²) in [6.45, 7) is 5.60. The van der Waals surface area contributed by atoms with Gasteiger partial charge in [-0.05, 0) is 73.7 Å². The number of benzene rings is 2. The number of carbonyl (C=O) groups is 1. The molecule has 4 rings (SSSR count). The second-order valence-corrected chi connectivity index (χ2v) is 9.15. The zero-order valence-corrected chi connectivity index (χ0v) is 21.2. The molecule has 0 aliphatic carbocycles. The number of ether oxygens (including phenoxy) is 2. The number of aryl methyl sites for hydroxylation is 3. The molecule has 0 spiro atoms. The number of rotatable bonds is 9. The smallest absolute Gasteiger partial charge is 0.453 e. The van der Waals surface area contributed by atoms with Crippen molar-refractivity contribution in [2.75, 3.05) is 0 Å². The Kier molecular flexibility index (Phi) is 7.94. The number of fused-ring (bicyclic) bond motifs is 1. The van der Waals surface area contributed by atoms with Crippen molar-refractivity contribution in [1.82, 2.24) is 0 Å². The molecule has 0 aliphatic rings. The molecular weight excluding hydrogens is 501 g/mol. The highest BCUT2D eigenvalue weighted by atomic mass is 19.4. The molecule has 0 saturated heterocycles. The molecule has 9 heteroatoms. The number of carbonyl (C=O) groups excluding carboxylic acids is 1. The summed E-state index contributed by atoms with van der Waals surface area (Å²) in [4.78, 5) is 25.9. The molecule has 4 aromatic rings. The van der Waals surface area contributed by atoms with Gasteiger partial charge in [0.05, 0.1) is 11.6 Å². The van der Waals surface area contributed by atoms with Crippen LogP contribution in [0.5, 0.6) is 17.2 Å². The predicted octanol–water partition coefficient (Wildman–Crippen LogP) is 8.16. The first kappa shape index (κ1) is 27.0. The van der Waals surface area contributed by atoms with Gasteiger partial charge >= 0.3 is 12.1 Å². The van der Waals surface area contributed by atoms with Crippen LogP contribution in [0.2, 0.25) is 0 Å². The Balaban J connectivity index is 1.85. The Labute approximate surface area is 217 Å². The van der Waals surface area contributed by atoms with Crippen molar-refractivity contribution >= 4 is 16.9 Å². The van der Waals surface area contributed by atoms with Gasteiger partial charge in [-0.25, -0.2) is 4.79 Å². The van der Waals surface area contributed by atoms with Gasteiger partial charge in [0.25, 0.3) is 5.76 Å². The zero-order valence-electron chi connectivity index (χ0n) is 21.2. The van der Waals surface area contributed by atoms with Crippen LogP contribution in [-0.4, -0.2) is 5.97 Å². The monoisotopic (exact) mass is 528 g/mol. The molecule has 2 heterocycles. The molecule has 0 fully saturated rings. The fraction of sp³-hybridized carbons (Fsp3) is 0.310. The van der Waals surface area contributed by atoms with E-state index in [1.807, 2.05) is 6.07 Å². The molecule has 2 aromatic carbocycles. The van der Waals surface area contributed by atoms with Crippen molar-refractivity contribution in [3.05, 3.63) is 87.2 Å². The van der Waals surface area contributed by atoms with Crippen molar-refractivity contribution in [3.63, 3.8) is 0 Å². The Morgan fingerprint density at radius 3 is 2.37 bits per heavy atom. The van der Waals surface area contributed by atoms with E-state index in [4.69, 9.17) is 18.3 Å². The quantitative estimate of drug-likeness (QED) is 0.124. The van der Waals surface area contributed by atoms with Gasteiger partial charge in [-0.1, -0.05) is 32.3 Å². The first-order valence-corrected chi connectivity index (χ1v) is 12.3. The molecule has 0 atom stereocenters. The Morgan fingerprint density at radius 1 is 1.00 bits per heavy atom. The molecule has 0 amide bonds. The minimum absolute atomic E-state index is 0.00495. The summed E-state index contributed by atoms with van der Waals surface area (Å²) in [6, 6.07) is 10.4. The first-order chi connectivity index (χ1) is 18.1. The molecule has 0 aliphatic heterocycles. The maximum Gasteiger partial charge on any atom is 0.453 e. The van der Waals surface area contributed by atoms with Gasteiger partial charge in [0, 0.05) is 6.07 Å². The van der Waals surface area contributed by atoms with Crippen molar-refractivity contribution in [1.29, 1.82) is 0 Å². The van der Waals surface area contributed by atoms with Crippen LogP contribution in [-0.2, 0) is 12.6 Å². The highest BCUT2D eigenvalue weighted by molar-refractivity contribution is 5.89. The molecule has 0 unspecified atom stereocenters. The average molecular weight is 529 g/mol. The SMILES string of the molecule is CCCCCCc1cc2c(=O)c(Oc3cc(C)cc(C)c3)c(C(F)(F)F)oc2cc1OC(=O)c1ccco1. The normalized spacial score (nSPS) is 11.6. The third-order valence-electron chi connectivity index (χ3n) is 5.93. The summed E-state index contributed by atoms with van der Waals surface area (Å²) in [5, 5.41) is -0.110. The molecule has 0 N–H and O–H groups in total. The fourth-order valence-electron chi connectivity index (χ4n) is 4.22. The third-order valence-corrected chi connectivity index (χ3v) is 5.93. The van der Waals surface area contributed by atoms with Crippen LogP contribution in [0.3, 0.4) is 0 Å². The first-order valence-electron chi connectivity index (χ1n) is 12.3. The standard InChI is InChI=1S/C29H27F3O6/c1-4-5-6-7-9-19-15-21-24(16-23(19)38-28(34)22-10-8-11-35-22)37-27(29(30,31)32)26(25(21)33)36-20-13-17(2)12-18(3)14-20/h8,10-16H,4-7,9H2,1-3H3. The lowest BCUT2D eigenvalue weighted by molar-refractivity contribution is -0.154. The second-order valence-electron chi connectivity index (χ2n) is 9.15. The third kappa shape index (κ3) is 6.10. The van der Waals surface area contributed by atoms with Gasteiger partial charge in [0.2, 0.25) is 16.9 Å². The number of hydrogen-bond acceptors (Lipinski definition) is 6. The maximum atomic E-state index is 14.0. The average Bonchev–Trinajstić information content (AvgIpc) is 3.38. The lowest BCUT2D eigenvalue weighted by atomic mass is 10.0. The second kappa shape index (κ2) is 11.2. The fourth-order valence-corrected chi connectivity index (χ4v) is 4.22. The van der Waals surface area contributed by atoms with Crippen molar-refractivity contribution in [2.45, 2.75) is 59.1 Å². The topological polar surface area (TPSA) is 78.9 Å². The van der Waals surface area contributed by atoms with Crippen molar-refractivity contribution < 1.29 is 36.3 Å². The highest BCUT2D eigenvalue weighted by Crippen LogP contribution is 2.39. The molecule has 0 saturated carbocycles. The van der Waals surface area contributed by atoms with E-state index < -0.39 is 29.1 Å². The van der Waals surface area contributed by atoms with Crippen LogP contribution in [0.4, 0.5) is 13.2 Å². The number of halogens is 3. The van der Waals surface area contributed by atoms with Gasteiger partial charge in [-0.3, -0.25) is 4.79 Å². The Hall–Kier alpha value is -4.01. The van der Waals surface area contributed by atoms with E-state index in [1.165, 1.54) is 36.6 Å². The van der Waals surface area contributed by atoms with E-state index in [-0.39, 0.29) is 28.2 Å². The van der Waals surface area contributed by atoms with Crippen LogP contribution in [0.25, 0.3) is 11.0 Å². The van der Waals surface area contributed by atoms with Crippen LogP contribution in [0, 0.1) is 13.8 Å². The van der Waals surface area contributed by atoms with Crippen LogP contribution < -0.4 is 14.9 Å². The van der Waals surface area contributed by atoms with E-state index in [0.717, 1.165) is 42.9 Å². The van der Waals surface area contributed by atoms with E-state index in [2.05, 4.69) is 6.92 Å². The molecule has 0 radical (unpaired) electrons. The van der Waals surface area contributed by atoms with Crippen molar-refractivity contribution in [3.8, 4) is 17.2 Å². The van der Waals surface area contributed by atoms with Crippen LogP contribution >= 0.6 is 0 Å². The van der Waals surface area contributed by atoms with E-state index in [1.54, 1.807) is 13.8 Å². The minimum Gasteiger partial charge on any atom is -0.457 e. The summed E-state index contributed by atoms with van der Waals surface area (Å²) in [5.41, 5.74) is 0.649. The summed E-state index contributed by atoms with van der Waals surface area (Å²) in [7, 11) is 0. The molecule has 6 nitrogen and oxygen atoms in total. The molecule has 0 bridgehead atoms.